The number of aromatic hydroxyl groups is 1. The molecule has 0 atom stereocenters. The molecule has 0 heterocycles. The van der Waals surface area contributed by atoms with Gasteiger partial charge in [-0.1, -0.05) is 0 Å². The quantitative estimate of drug-likeness (QED) is 0.319. The molecule has 0 aliphatic rings. The van der Waals surface area contributed by atoms with Gasteiger partial charge in [0.05, 0.1) is 25.4 Å². The van der Waals surface area contributed by atoms with Crippen LogP contribution in [0.4, 0.5) is 5.69 Å². The maximum atomic E-state index is 11.7. The third kappa shape index (κ3) is 5.58. The Morgan fingerprint density at radius 1 is 1.26 bits per heavy atom. The lowest BCUT2D eigenvalue weighted by atomic mass is 10.2. The standard InChI is InChI=1S/C13H19NO5/c1-17-7-8-18-5-2-6-19-13(16)11-9-10(15)3-4-12(11)14/h3-4,9,15H,2,5-8,14H2,1H3. The van der Waals surface area contributed by atoms with Crippen molar-refractivity contribution in [3.63, 3.8) is 0 Å². The van der Waals surface area contributed by atoms with Crippen LogP contribution in [0, 0.1) is 0 Å². The maximum Gasteiger partial charge on any atom is 0.340 e. The van der Waals surface area contributed by atoms with Crippen LogP contribution >= 0.6 is 0 Å². The lowest BCUT2D eigenvalue weighted by Gasteiger charge is -2.07. The van der Waals surface area contributed by atoms with E-state index in [1.54, 1.807) is 7.11 Å². The van der Waals surface area contributed by atoms with Crippen molar-refractivity contribution in [2.75, 3.05) is 39.3 Å². The van der Waals surface area contributed by atoms with Crippen molar-refractivity contribution in [2.45, 2.75) is 6.42 Å². The Labute approximate surface area is 112 Å². The van der Waals surface area contributed by atoms with Gasteiger partial charge in [-0.15, -0.1) is 0 Å². The number of carbonyl (C=O) groups excluding carboxylic acids is 1. The monoisotopic (exact) mass is 269 g/mol. The fourth-order valence-corrected chi connectivity index (χ4v) is 1.37. The molecular formula is C13H19NO5. The summed E-state index contributed by atoms with van der Waals surface area (Å²) in [6.07, 6.45) is 0.591. The van der Waals surface area contributed by atoms with Crippen molar-refractivity contribution in [1.82, 2.24) is 0 Å². The number of hydrogen-bond donors (Lipinski definition) is 2. The van der Waals surface area contributed by atoms with Crippen molar-refractivity contribution in [3.05, 3.63) is 23.8 Å². The molecule has 0 aromatic heterocycles. The number of nitrogen functional groups attached to an aromatic ring is 1. The number of nitrogens with two attached hydrogens (primary N) is 1. The average molecular weight is 269 g/mol. The molecule has 0 fully saturated rings. The number of methoxy groups -OCH3 is 1. The summed E-state index contributed by atoms with van der Waals surface area (Å²) in [6.45, 7) is 1.79. The minimum Gasteiger partial charge on any atom is -0.508 e. The van der Waals surface area contributed by atoms with Crippen molar-refractivity contribution in [1.29, 1.82) is 0 Å². The molecule has 0 radical (unpaired) electrons. The third-order valence-electron chi connectivity index (χ3n) is 2.35. The van der Waals surface area contributed by atoms with Crippen LogP contribution in [0.3, 0.4) is 0 Å². The molecule has 0 amide bonds. The molecular weight excluding hydrogens is 250 g/mol. The lowest BCUT2D eigenvalue weighted by molar-refractivity contribution is 0.0386. The number of phenolic OH excluding ortho intramolecular Hbond substituents is 1. The van der Waals surface area contributed by atoms with Crippen LogP contribution in [0.25, 0.3) is 0 Å². The fraction of sp³-hybridized carbons (Fsp3) is 0.462. The zero-order valence-electron chi connectivity index (χ0n) is 10.9. The van der Waals surface area contributed by atoms with Gasteiger partial charge in [0.1, 0.15) is 5.75 Å². The van der Waals surface area contributed by atoms with E-state index < -0.39 is 5.97 Å². The van der Waals surface area contributed by atoms with Crippen LogP contribution in [0.1, 0.15) is 16.8 Å². The van der Waals surface area contributed by atoms with Gasteiger partial charge in [-0.3, -0.25) is 0 Å². The SMILES string of the molecule is COCCOCCCOC(=O)c1cc(O)ccc1N. The van der Waals surface area contributed by atoms with E-state index in [-0.39, 0.29) is 23.6 Å². The zero-order chi connectivity index (χ0) is 14.1. The van der Waals surface area contributed by atoms with Gasteiger partial charge in [0.2, 0.25) is 0 Å². The van der Waals surface area contributed by atoms with Crippen molar-refractivity contribution in [3.8, 4) is 5.75 Å². The van der Waals surface area contributed by atoms with Gasteiger partial charge in [0.15, 0.2) is 0 Å². The Hall–Kier alpha value is -1.79. The highest BCUT2D eigenvalue weighted by Crippen LogP contribution is 2.19. The van der Waals surface area contributed by atoms with Gasteiger partial charge in [0.25, 0.3) is 0 Å². The van der Waals surface area contributed by atoms with Crippen molar-refractivity contribution >= 4 is 11.7 Å². The number of hydrogen-bond acceptors (Lipinski definition) is 6. The van der Waals surface area contributed by atoms with Gasteiger partial charge < -0.3 is 25.1 Å². The topological polar surface area (TPSA) is 91.0 Å². The zero-order valence-corrected chi connectivity index (χ0v) is 10.9. The van der Waals surface area contributed by atoms with Gasteiger partial charge in [-0.25, -0.2) is 4.79 Å². The van der Waals surface area contributed by atoms with E-state index in [1.165, 1.54) is 18.2 Å². The number of anilines is 1. The second-order valence-corrected chi connectivity index (χ2v) is 3.87. The Balaban J connectivity index is 2.26. The Kier molecular flexibility index (Phi) is 6.70. The van der Waals surface area contributed by atoms with Gasteiger partial charge >= 0.3 is 5.97 Å². The summed E-state index contributed by atoms with van der Waals surface area (Å²) in [7, 11) is 1.60. The van der Waals surface area contributed by atoms with E-state index in [0.29, 0.717) is 26.2 Å². The largest absolute Gasteiger partial charge is 0.508 e. The summed E-state index contributed by atoms with van der Waals surface area (Å²) in [4.78, 5) is 11.7. The van der Waals surface area contributed by atoms with Gasteiger partial charge in [-0.2, -0.15) is 0 Å². The molecule has 1 aromatic rings. The predicted molar refractivity (Wildman–Crippen MR) is 70.1 cm³/mol. The van der Waals surface area contributed by atoms with Gasteiger partial charge in [-0.05, 0) is 18.2 Å². The van der Waals surface area contributed by atoms with E-state index in [4.69, 9.17) is 19.9 Å². The Morgan fingerprint density at radius 3 is 2.79 bits per heavy atom. The van der Waals surface area contributed by atoms with Crippen LogP contribution in [-0.4, -0.2) is 44.6 Å². The second-order valence-electron chi connectivity index (χ2n) is 3.87. The van der Waals surface area contributed by atoms with E-state index in [9.17, 15) is 9.90 Å². The molecule has 0 aliphatic heterocycles. The highest BCUT2D eigenvalue weighted by molar-refractivity contribution is 5.95. The first kappa shape index (κ1) is 15.3. The number of carbonyl (C=O) groups is 1. The van der Waals surface area contributed by atoms with Gasteiger partial charge in [0, 0.05) is 25.8 Å². The first-order chi connectivity index (χ1) is 9.15. The van der Waals surface area contributed by atoms with Crippen LogP contribution in [0.15, 0.2) is 18.2 Å². The summed E-state index contributed by atoms with van der Waals surface area (Å²) in [5, 5.41) is 9.28. The minimum atomic E-state index is -0.551. The summed E-state index contributed by atoms with van der Waals surface area (Å²) >= 11 is 0. The van der Waals surface area contributed by atoms with E-state index >= 15 is 0 Å². The summed E-state index contributed by atoms with van der Waals surface area (Å²) < 4.78 is 15.1. The number of esters is 1. The molecule has 0 unspecified atom stereocenters. The molecule has 0 bridgehead atoms. The normalized spacial score (nSPS) is 10.4. The van der Waals surface area contributed by atoms with Crippen molar-refractivity contribution < 1.29 is 24.1 Å². The second kappa shape index (κ2) is 8.34. The molecule has 1 rings (SSSR count). The predicted octanol–water partition coefficient (Wildman–Crippen LogP) is 1.18. The van der Waals surface area contributed by atoms with Crippen LogP contribution < -0.4 is 5.73 Å². The summed E-state index contributed by atoms with van der Waals surface area (Å²) in [6, 6.07) is 4.16. The van der Waals surface area contributed by atoms with Crippen molar-refractivity contribution in [2.24, 2.45) is 0 Å². The molecule has 0 aliphatic carbocycles. The highest BCUT2D eigenvalue weighted by atomic mass is 16.5. The summed E-state index contributed by atoms with van der Waals surface area (Å²) in [5.74, 6) is -0.575. The smallest absolute Gasteiger partial charge is 0.340 e. The number of phenols is 1. The third-order valence-corrected chi connectivity index (χ3v) is 2.35. The first-order valence-electron chi connectivity index (χ1n) is 5.97. The molecule has 3 N–H and O–H groups in total. The van der Waals surface area contributed by atoms with E-state index in [1.807, 2.05) is 0 Å². The number of ether oxygens (including phenoxy) is 3. The molecule has 0 saturated carbocycles. The molecule has 6 heteroatoms. The molecule has 19 heavy (non-hydrogen) atoms. The molecule has 106 valence electrons. The molecule has 0 saturated heterocycles. The lowest BCUT2D eigenvalue weighted by Crippen LogP contribution is -2.11. The Bertz CT molecular complexity index is 408. The van der Waals surface area contributed by atoms with Crippen LogP contribution in [0.5, 0.6) is 5.75 Å². The summed E-state index contributed by atoms with van der Waals surface area (Å²) in [5.41, 5.74) is 6.07. The van der Waals surface area contributed by atoms with E-state index in [0.717, 1.165) is 0 Å². The fourth-order valence-electron chi connectivity index (χ4n) is 1.37. The minimum absolute atomic E-state index is 0.0240. The number of rotatable bonds is 8. The Morgan fingerprint density at radius 2 is 2.05 bits per heavy atom. The first-order valence-corrected chi connectivity index (χ1v) is 5.97. The number of benzene rings is 1. The average Bonchev–Trinajstić information content (AvgIpc) is 2.40. The molecule has 6 nitrogen and oxygen atoms in total. The molecule has 1 aromatic carbocycles. The van der Waals surface area contributed by atoms with Crippen LogP contribution in [-0.2, 0) is 14.2 Å². The molecule has 0 spiro atoms. The highest BCUT2D eigenvalue weighted by Gasteiger charge is 2.11. The maximum absolute atomic E-state index is 11.7. The van der Waals surface area contributed by atoms with Crippen LogP contribution in [0.2, 0.25) is 0 Å². The van der Waals surface area contributed by atoms with E-state index in [2.05, 4.69) is 0 Å².